The number of nitrogens with one attached hydrogen (secondary N) is 1. The van der Waals surface area contributed by atoms with Crippen molar-refractivity contribution < 1.29 is 0 Å². The first-order valence-corrected chi connectivity index (χ1v) is 8.67. The Labute approximate surface area is 138 Å². The molecule has 1 saturated heterocycles. The van der Waals surface area contributed by atoms with Crippen LogP contribution in [0.15, 0.2) is 18.2 Å². The topological polar surface area (TPSA) is 15.3 Å². The van der Waals surface area contributed by atoms with Gasteiger partial charge in [-0.2, -0.15) is 0 Å². The minimum atomic E-state index is 0.729. The average molecular weight is 329 g/mol. The maximum atomic E-state index is 6.25. The van der Waals surface area contributed by atoms with Gasteiger partial charge in [-0.05, 0) is 63.0 Å². The monoisotopic (exact) mass is 328 g/mol. The van der Waals surface area contributed by atoms with Gasteiger partial charge in [-0.25, -0.2) is 0 Å². The predicted octanol–water partition coefficient (Wildman–Crippen LogP) is 4.45. The number of halogens is 2. The highest BCUT2D eigenvalue weighted by Gasteiger charge is 2.20. The minimum absolute atomic E-state index is 0.729. The van der Waals surface area contributed by atoms with Crippen LogP contribution in [0.25, 0.3) is 0 Å². The second-order valence-electron chi connectivity index (χ2n) is 6.47. The first kappa shape index (κ1) is 17.1. The van der Waals surface area contributed by atoms with Gasteiger partial charge in [0.15, 0.2) is 0 Å². The molecule has 118 valence electrons. The zero-order valence-electron chi connectivity index (χ0n) is 13.0. The smallest absolute Gasteiger partial charge is 0.0465 e. The molecule has 0 unspecified atom stereocenters. The van der Waals surface area contributed by atoms with E-state index < -0.39 is 0 Å². The zero-order chi connectivity index (χ0) is 15.2. The van der Waals surface area contributed by atoms with Crippen LogP contribution in [0.1, 0.15) is 32.3 Å². The zero-order valence-corrected chi connectivity index (χ0v) is 14.6. The van der Waals surface area contributed by atoms with Gasteiger partial charge in [-0.1, -0.05) is 43.1 Å². The van der Waals surface area contributed by atoms with Crippen LogP contribution in [0.3, 0.4) is 0 Å². The van der Waals surface area contributed by atoms with E-state index in [4.69, 9.17) is 23.2 Å². The fourth-order valence-electron chi connectivity index (χ4n) is 2.83. The van der Waals surface area contributed by atoms with E-state index >= 15 is 0 Å². The highest BCUT2D eigenvalue weighted by atomic mass is 35.5. The molecule has 1 aromatic carbocycles. The molecule has 1 aromatic rings. The molecule has 4 heteroatoms. The summed E-state index contributed by atoms with van der Waals surface area (Å²) in [5.41, 5.74) is 1.07. The van der Waals surface area contributed by atoms with Gasteiger partial charge in [-0.3, -0.25) is 4.90 Å². The number of rotatable bonds is 6. The summed E-state index contributed by atoms with van der Waals surface area (Å²) in [7, 11) is 0. The van der Waals surface area contributed by atoms with Gasteiger partial charge < -0.3 is 5.32 Å². The third-order valence-corrected chi connectivity index (χ3v) is 4.84. The Morgan fingerprint density at radius 3 is 2.38 bits per heavy atom. The number of benzene rings is 1. The van der Waals surface area contributed by atoms with Gasteiger partial charge >= 0.3 is 0 Å². The van der Waals surface area contributed by atoms with Gasteiger partial charge in [0, 0.05) is 22.2 Å². The van der Waals surface area contributed by atoms with Crippen LogP contribution in [0, 0.1) is 11.8 Å². The molecule has 1 aliphatic heterocycles. The Hall–Kier alpha value is -0.280. The predicted molar refractivity (Wildman–Crippen MR) is 92.2 cm³/mol. The molecule has 1 fully saturated rings. The first-order valence-electron chi connectivity index (χ1n) is 7.92. The van der Waals surface area contributed by atoms with Crippen molar-refractivity contribution in [3.05, 3.63) is 33.8 Å². The van der Waals surface area contributed by atoms with Crippen molar-refractivity contribution in [3.63, 3.8) is 0 Å². The lowest BCUT2D eigenvalue weighted by Crippen LogP contribution is -2.37. The normalized spacial score (nSPS) is 17.6. The van der Waals surface area contributed by atoms with Crippen LogP contribution in [-0.2, 0) is 6.54 Å². The van der Waals surface area contributed by atoms with Gasteiger partial charge in [-0.15, -0.1) is 0 Å². The summed E-state index contributed by atoms with van der Waals surface area (Å²) in [4.78, 5) is 2.46. The second-order valence-corrected chi connectivity index (χ2v) is 7.29. The third-order valence-electron chi connectivity index (χ3n) is 4.14. The molecule has 1 aliphatic rings. The Balaban J connectivity index is 1.76. The van der Waals surface area contributed by atoms with E-state index in [0.29, 0.717) is 0 Å². The highest BCUT2D eigenvalue weighted by molar-refractivity contribution is 6.35. The summed E-state index contributed by atoms with van der Waals surface area (Å²) in [5, 5.41) is 5.14. The second kappa shape index (κ2) is 8.38. The fourth-order valence-corrected chi connectivity index (χ4v) is 3.35. The molecule has 0 spiro atoms. The summed E-state index contributed by atoms with van der Waals surface area (Å²) in [5.74, 6) is 1.54. The molecule has 0 bridgehead atoms. The maximum absolute atomic E-state index is 6.25. The molecular weight excluding hydrogens is 303 g/mol. The Bertz CT molecular complexity index is 420. The van der Waals surface area contributed by atoms with Crippen molar-refractivity contribution in [2.75, 3.05) is 26.2 Å². The molecule has 0 radical (unpaired) electrons. The Kier molecular flexibility index (Phi) is 6.81. The van der Waals surface area contributed by atoms with Crippen molar-refractivity contribution in [1.29, 1.82) is 0 Å². The van der Waals surface area contributed by atoms with Crippen LogP contribution >= 0.6 is 23.2 Å². The molecule has 0 amide bonds. The summed E-state index contributed by atoms with van der Waals surface area (Å²) < 4.78 is 0. The molecule has 21 heavy (non-hydrogen) atoms. The van der Waals surface area contributed by atoms with E-state index in [1.54, 1.807) is 0 Å². The van der Waals surface area contributed by atoms with Crippen LogP contribution in [0.2, 0.25) is 10.0 Å². The molecule has 0 atom stereocenters. The highest BCUT2D eigenvalue weighted by Crippen LogP contribution is 2.27. The molecule has 1 N–H and O–H groups in total. The van der Waals surface area contributed by atoms with Crippen molar-refractivity contribution in [2.45, 2.75) is 33.2 Å². The number of likely N-dealkylation sites (tertiary alicyclic amines) is 1. The number of nitrogens with zero attached hydrogens (tertiary/aromatic N) is 1. The molecule has 0 saturated carbocycles. The molecular formula is C17H26Cl2N2. The van der Waals surface area contributed by atoms with Crippen LogP contribution < -0.4 is 5.32 Å². The number of piperidine rings is 1. The molecule has 0 aromatic heterocycles. The van der Waals surface area contributed by atoms with Crippen LogP contribution in [-0.4, -0.2) is 31.1 Å². The van der Waals surface area contributed by atoms with E-state index in [0.717, 1.165) is 60.2 Å². The van der Waals surface area contributed by atoms with E-state index in [-0.39, 0.29) is 0 Å². The fraction of sp³-hybridized carbons (Fsp3) is 0.647. The van der Waals surface area contributed by atoms with Crippen LogP contribution in [0.4, 0.5) is 0 Å². The van der Waals surface area contributed by atoms with Gasteiger partial charge in [0.25, 0.3) is 0 Å². The number of hydrogen-bond acceptors (Lipinski definition) is 2. The molecule has 0 aliphatic carbocycles. The SMILES string of the molecule is CC(C)CNCC1CCN(Cc2c(Cl)cccc2Cl)CC1. The first-order chi connectivity index (χ1) is 10.1. The van der Waals surface area contributed by atoms with Gasteiger partial charge in [0.1, 0.15) is 0 Å². The lowest BCUT2D eigenvalue weighted by Gasteiger charge is -2.32. The Morgan fingerprint density at radius 1 is 1.19 bits per heavy atom. The van der Waals surface area contributed by atoms with E-state index in [2.05, 4.69) is 24.1 Å². The van der Waals surface area contributed by atoms with Gasteiger partial charge in [0.2, 0.25) is 0 Å². The van der Waals surface area contributed by atoms with Crippen molar-refractivity contribution in [3.8, 4) is 0 Å². The third kappa shape index (κ3) is 5.45. The number of hydrogen-bond donors (Lipinski definition) is 1. The summed E-state index contributed by atoms with van der Waals surface area (Å²) in [6, 6.07) is 5.75. The average Bonchev–Trinajstić information content (AvgIpc) is 2.44. The lowest BCUT2D eigenvalue weighted by atomic mass is 9.96. The minimum Gasteiger partial charge on any atom is -0.316 e. The summed E-state index contributed by atoms with van der Waals surface area (Å²) in [6.45, 7) is 9.91. The van der Waals surface area contributed by atoms with Crippen molar-refractivity contribution >= 4 is 23.2 Å². The van der Waals surface area contributed by atoms with Crippen molar-refractivity contribution in [1.82, 2.24) is 10.2 Å². The van der Waals surface area contributed by atoms with E-state index in [1.807, 2.05) is 18.2 Å². The Morgan fingerprint density at radius 2 is 1.81 bits per heavy atom. The van der Waals surface area contributed by atoms with E-state index in [9.17, 15) is 0 Å². The summed E-state index contributed by atoms with van der Waals surface area (Å²) >= 11 is 12.5. The molecule has 2 rings (SSSR count). The quantitative estimate of drug-likeness (QED) is 0.829. The maximum Gasteiger partial charge on any atom is 0.0465 e. The standard InChI is InChI=1S/C17H26Cl2N2/c1-13(2)10-20-11-14-6-8-21(9-7-14)12-15-16(18)4-3-5-17(15)19/h3-5,13-14,20H,6-12H2,1-2H3. The molecule has 1 heterocycles. The van der Waals surface area contributed by atoms with E-state index in [1.165, 1.54) is 12.8 Å². The largest absolute Gasteiger partial charge is 0.316 e. The van der Waals surface area contributed by atoms with Gasteiger partial charge in [0.05, 0.1) is 0 Å². The molecule has 2 nitrogen and oxygen atoms in total. The summed E-state index contributed by atoms with van der Waals surface area (Å²) in [6.07, 6.45) is 2.51. The van der Waals surface area contributed by atoms with Crippen molar-refractivity contribution in [2.24, 2.45) is 11.8 Å². The van der Waals surface area contributed by atoms with Crippen LogP contribution in [0.5, 0.6) is 0 Å². The lowest BCUT2D eigenvalue weighted by molar-refractivity contribution is 0.175.